The number of nitrogens with one attached hydrogen (secondary N) is 1. The maximum Gasteiger partial charge on any atom is 0.416 e. The Bertz CT molecular complexity index is 1590. The lowest BCUT2D eigenvalue weighted by atomic mass is 9.98. The number of pyridine rings is 1. The van der Waals surface area contributed by atoms with Crippen molar-refractivity contribution in [3.05, 3.63) is 87.2 Å². The average Bonchev–Trinajstić information content (AvgIpc) is 2.92. The third kappa shape index (κ3) is 6.11. The summed E-state index contributed by atoms with van der Waals surface area (Å²) in [5.74, 6) is -0.0729. The topological polar surface area (TPSA) is 76.6 Å². The van der Waals surface area contributed by atoms with Crippen LogP contribution in [-0.4, -0.2) is 40.1 Å². The molecule has 0 amide bonds. The van der Waals surface area contributed by atoms with E-state index in [1.807, 2.05) is 12.1 Å². The second kappa shape index (κ2) is 11.8. The highest BCUT2D eigenvalue weighted by molar-refractivity contribution is 7.99. The summed E-state index contributed by atoms with van der Waals surface area (Å²) in [6.07, 6.45) is -1.98. The molecule has 0 bridgehead atoms. The van der Waals surface area contributed by atoms with Crippen LogP contribution in [0.1, 0.15) is 30.4 Å². The van der Waals surface area contributed by atoms with E-state index >= 15 is 0 Å². The van der Waals surface area contributed by atoms with Gasteiger partial charge in [-0.1, -0.05) is 29.8 Å². The van der Waals surface area contributed by atoms with Crippen molar-refractivity contribution in [2.45, 2.75) is 42.9 Å². The number of fused-ring (bicyclic) bond motifs is 2. The van der Waals surface area contributed by atoms with Gasteiger partial charge in [-0.3, -0.25) is 4.79 Å². The molecule has 0 fully saturated rings. The molecule has 5 nitrogen and oxygen atoms in total. The number of thioether (sulfide) groups is 1. The van der Waals surface area contributed by atoms with Gasteiger partial charge < -0.3 is 20.1 Å². The number of anilines is 1. The zero-order valence-corrected chi connectivity index (χ0v) is 23.0. The number of aliphatic hydroxyl groups is 1. The van der Waals surface area contributed by atoms with Crippen LogP contribution in [0.15, 0.2) is 70.4 Å². The average molecular weight is 589 g/mol. The minimum Gasteiger partial charge on any atom is -0.507 e. The highest BCUT2D eigenvalue weighted by Gasteiger charge is 2.31. The number of benzene rings is 3. The van der Waals surface area contributed by atoms with Gasteiger partial charge in [-0.25, -0.2) is 0 Å². The van der Waals surface area contributed by atoms with Crippen molar-refractivity contribution in [3.8, 4) is 16.9 Å². The van der Waals surface area contributed by atoms with E-state index in [2.05, 4.69) is 22.0 Å². The standard InChI is InChI=1S/C30H28ClF3N2O3S/c31-20-10-12-26(38)23(16-20)27-22-15-19(30(32,33)34)9-11-24(22)35-29(39)28(27)40-17-21(37)7-4-14-36-13-3-6-18-5-1-2-8-25(18)36/h1-2,5,8-12,15-16,21,37-38H,3-4,6-7,13-14,17H2,(H,35,39). The number of alkyl halides is 3. The molecule has 3 N–H and O–H groups in total. The second-order valence-electron chi connectivity index (χ2n) is 9.90. The lowest BCUT2D eigenvalue weighted by molar-refractivity contribution is -0.137. The molecule has 5 rings (SSSR count). The Balaban J connectivity index is 1.39. The summed E-state index contributed by atoms with van der Waals surface area (Å²) in [5.41, 5.74) is 1.62. The Labute approximate surface area is 238 Å². The maximum atomic E-state index is 13.6. The van der Waals surface area contributed by atoms with E-state index in [0.29, 0.717) is 6.42 Å². The van der Waals surface area contributed by atoms with Crippen molar-refractivity contribution in [2.75, 3.05) is 23.7 Å². The molecule has 3 aromatic carbocycles. The number of aromatic amines is 1. The van der Waals surface area contributed by atoms with Crippen molar-refractivity contribution in [1.29, 1.82) is 0 Å². The summed E-state index contributed by atoms with van der Waals surface area (Å²) in [7, 11) is 0. The molecule has 210 valence electrons. The molecule has 0 saturated heterocycles. The molecule has 0 radical (unpaired) electrons. The van der Waals surface area contributed by atoms with Crippen LogP contribution >= 0.6 is 23.4 Å². The van der Waals surface area contributed by atoms with Crippen LogP contribution in [0.3, 0.4) is 0 Å². The van der Waals surface area contributed by atoms with E-state index < -0.39 is 23.4 Å². The molecule has 1 aliphatic heterocycles. The van der Waals surface area contributed by atoms with E-state index in [-0.39, 0.29) is 43.5 Å². The minimum atomic E-state index is -4.60. The van der Waals surface area contributed by atoms with Gasteiger partial charge in [0.15, 0.2) is 0 Å². The van der Waals surface area contributed by atoms with Crippen molar-refractivity contribution < 1.29 is 23.4 Å². The Hall–Kier alpha value is -3.14. The van der Waals surface area contributed by atoms with Crippen molar-refractivity contribution in [3.63, 3.8) is 0 Å². The molecule has 0 aliphatic carbocycles. The van der Waals surface area contributed by atoms with Crippen molar-refractivity contribution in [1.82, 2.24) is 4.98 Å². The van der Waals surface area contributed by atoms with Crippen LogP contribution in [0, 0.1) is 0 Å². The van der Waals surface area contributed by atoms with Crippen LogP contribution in [0.4, 0.5) is 18.9 Å². The van der Waals surface area contributed by atoms with Crippen LogP contribution < -0.4 is 10.5 Å². The summed E-state index contributed by atoms with van der Waals surface area (Å²) < 4.78 is 40.7. The molecule has 1 unspecified atom stereocenters. The predicted molar refractivity (Wildman–Crippen MR) is 155 cm³/mol. The van der Waals surface area contributed by atoms with Crippen LogP contribution in [0.5, 0.6) is 5.75 Å². The van der Waals surface area contributed by atoms with Crippen molar-refractivity contribution in [2.24, 2.45) is 0 Å². The molecule has 40 heavy (non-hydrogen) atoms. The first kappa shape index (κ1) is 28.4. The first-order valence-corrected chi connectivity index (χ1v) is 14.4. The van der Waals surface area contributed by atoms with E-state index in [1.165, 1.54) is 35.5 Å². The number of H-pyrrole nitrogens is 1. The number of aryl methyl sites for hydroxylation is 1. The van der Waals surface area contributed by atoms with Gasteiger partial charge in [-0.05, 0) is 73.7 Å². The number of aromatic hydroxyl groups is 1. The number of phenols is 1. The lowest BCUT2D eigenvalue weighted by Gasteiger charge is -2.31. The Morgan fingerprint density at radius 1 is 1.10 bits per heavy atom. The molecule has 0 saturated carbocycles. The molecule has 0 spiro atoms. The monoisotopic (exact) mass is 588 g/mol. The summed E-state index contributed by atoms with van der Waals surface area (Å²) in [5, 5.41) is 21.8. The fourth-order valence-corrected chi connectivity index (χ4v) is 6.43. The summed E-state index contributed by atoms with van der Waals surface area (Å²) in [4.78, 5) is 18.2. The summed E-state index contributed by atoms with van der Waals surface area (Å²) in [6, 6.07) is 15.6. The quantitative estimate of drug-likeness (QED) is 0.189. The van der Waals surface area contributed by atoms with Crippen LogP contribution in [0.25, 0.3) is 22.0 Å². The van der Waals surface area contributed by atoms with Gasteiger partial charge in [0.2, 0.25) is 0 Å². The Morgan fingerprint density at radius 3 is 2.70 bits per heavy atom. The van der Waals surface area contributed by atoms with Crippen molar-refractivity contribution >= 4 is 40.0 Å². The van der Waals surface area contributed by atoms with E-state index in [9.17, 15) is 28.2 Å². The first-order chi connectivity index (χ1) is 19.1. The molecule has 4 aromatic rings. The van der Waals surface area contributed by atoms with Crippen LogP contribution in [-0.2, 0) is 12.6 Å². The Morgan fingerprint density at radius 2 is 1.90 bits per heavy atom. The maximum absolute atomic E-state index is 13.6. The van der Waals surface area contributed by atoms with Gasteiger partial charge in [0.05, 0.1) is 16.6 Å². The summed E-state index contributed by atoms with van der Waals surface area (Å²) >= 11 is 7.22. The Kier molecular flexibility index (Phi) is 8.35. The van der Waals surface area contributed by atoms with Gasteiger partial charge in [-0.2, -0.15) is 13.2 Å². The smallest absolute Gasteiger partial charge is 0.416 e. The number of aromatic nitrogens is 1. The second-order valence-corrected chi connectivity index (χ2v) is 11.4. The fourth-order valence-electron chi connectivity index (χ4n) is 5.19. The van der Waals surface area contributed by atoms with Gasteiger partial charge in [-0.15, -0.1) is 11.8 Å². The van der Waals surface area contributed by atoms with Gasteiger partial charge >= 0.3 is 6.18 Å². The van der Waals surface area contributed by atoms with E-state index in [0.717, 1.165) is 56.2 Å². The van der Waals surface area contributed by atoms with E-state index in [4.69, 9.17) is 11.6 Å². The SMILES string of the molecule is O=c1[nH]c2ccc(C(F)(F)F)cc2c(-c2cc(Cl)ccc2O)c1SCC(O)CCCN1CCCc2ccccc21. The minimum absolute atomic E-state index is 0.105. The van der Waals surface area contributed by atoms with Gasteiger partial charge in [0.1, 0.15) is 5.75 Å². The van der Waals surface area contributed by atoms with Crippen LogP contribution in [0.2, 0.25) is 5.02 Å². The molecule has 1 aliphatic rings. The zero-order chi connectivity index (χ0) is 28.4. The number of para-hydroxylation sites is 1. The number of hydrogen-bond donors (Lipinski definition) is 3. The highest BCUT2D eigenvalue weighted by atomic mass is 35.5. The van der Waals surface area contributed by atoms with E-state index in [1.54, 1.807) is 0 Å². The van der Waals surface area contributed by atoms with Gasteiger partial charge in [0.25, 0.3) is 5.56 Å². The number of phenolic OH excluding ortho intramolecular Hbond substituents is 1. The molecular weight excluding hydrogens is 561 g/mol. The first-order valence-electron chi connectivity index (χ1n) is 13.0. The number of aliphatic hydroxyl groups excluding tert-OH is 1. The zero-order valence-electron chi connectivity index (χ0n) is 21.5. The molecule has 1 atom stereocenters. The summed E-state index contributed by atoms with van der Waals surface area (Å²) in [6.45, 7) is 1.75. The number of nitrogens with zero attached hydrogens (tertiary/aromatic N) is 1. The number of halogens is 4. The largest absolute Gasteiger partial charge is 0.507 e. The highest BCUT2D eigenvalue weighted by Crippen LogP contribution is 2.42. The molecular formula is C30H28ClF3N2O3S. The molecule has 2 heterocycles. The molecule has 10 heteroatoms. The van der Waals surface area contributed by atoms with Gasteiger partial charge in [0, 0.05) is 51.6 Å². The number of rotatable bonds is 8. The predicted octanol–water partition coefficient (Wildman–Crippen LogP) is 7.26. The normalized spacial score (nSPS) is 14.4. The third-order valence-corrected chi connectivity index (χ3v) is 8.58. The third-order valence-electron chi connectivity index (χ3n) is 7.12. The lowest BCUT2D eigenvalue weighted by Crippen LogP contribution is -2.30. The fraction of sp³-hybridized carbons (Fsp3) is 0.300. The molecule has 1 aromatic heterocycles. The number of hydrogen-bond acceptors (Lipinski definition) is 5.